The zero-order chi connectivity index (χ0) is 17.6. The highest BCUT2D eigenvalue weighted by atomic mass is 16.2. The maximum absolute atomic E-state index is 13.0. The minimum Gasteiger partial charge on any atom is -0.364 e. The molecule has 5 nitrogen and oxygen atoms in total. The predicted molar refractivity (Wildman–Crippen MR) is 96.2 cm³/mol. The Hall–Kier alpha value is -3.47. The normalized spacial score (nSPS) is 10.2. The van der Waals surface area contributed by atoms with Crippen LogP contribution in [0, 0.1) is 0 Å². The van der Waals surface area contributed by atoms with Gasteiger partial charge in [-0.15, -0.1) is 0 Å². The van der Waals surface area contributed by atoms with E-state index in [0.717, 1.165) is 11.3 Å². The highest BCUT2D eigenvalue weighted by Gasteiger charge is 2.18. The summed E-state index contributed by atoms with van der Waals surface area (Å²) in [5.41, 5.74) is 7.52. The molecule has 2 N–H and O–H groups in total. The molecule has 2 amide bonds. The van der Waals surface area contributed by atoms with E-state index in [9.17, 15) is 9.59 Å². The standard InChI is InChI=1S/C20H17N3O2/c21-19(24)18-12-11-16(13-22-18)20(25)23(17-9-5-2-6-10-17)14-15-7-3-1-4-8-15/h1-13H,14H2,(H2,21,24). The molecule has 0 aliphatic rings. The Bertz CT molecular complexity index is 862. The summed E-state index contributed by atoms with van der Waals surface area (Å²) in [5, 5.41) is 0. The number of pyridine rings is 1. The quantitative estimate of drug-likeness (QED) is 0.781. The Labute approximate surface area is 145 Å². The van der Waals surface area contributed by atoms with Crippen molar-refractivity contribution in [1.29, 1.82) is 0 Å². The van der Waals surface area contributed by atoms with Gasteiger partial charge in [-0.25, -0.2) is 0 Å². The van der Waals surface area contributed by atoms with Gasteiger partial charge in [0.05, 0.1) is 12.1 Å². The number of rotatable bonds is 5. The molecule has 124 valence electrons. The largest absolute Gasteiger partial charge is 0.364 e. The summed E-state index contributed by atoms with van der Waals surface area (Å²) in [4.78, 5) is 29.8. The van der Waals surface area contributed by atoms with Gasteiger partial charge < -0.3 is 10.6 Å². The number of carbonyl (C=O) groups excluding carboxylic acids is 2. The van der Waals surface area contributed by atoms with E-state index in [2.05, 4.69) is 4.98 Å². The van der Waals surface area contributed by atoms with Gasteiger partial charge in [-0.05, 0) is 29.8 Å². The lowest BCUT2D eigenvalue weighted by molar-refractivity contribution is 0.0976. The molecule has 5 heteroatoms. The first-order chi connectivity index (χ1) is 12.1. The maximum Gasteiger partial charge on any atom is 0.267 e. The number of hydrogen-bond acceptors (Lipinski definition) is 3. The molecule has 0 aliphatic carbocycles. The highest BCUT2D eigenvalue weighted by molar-refractivity contribution is 6.06. The molecule has 1 heterocycles. The molecule has 3 rings (SSSR count). The van der Waals surface area contributed by atoms with Crippen LogP contribution in [0.1, 0.15) is 26.4 Å². The van der Waals surface area contributed by atoms with Crippen LogP contribution in [0.4, 0.5) is 5.69 Å². The Morgan fingerprint density at radius 1 is 0.880 bits per heavy atom. The number of primary amides is 1. The number of para-hydroxylation sites is 1. The van der Waals surface area contributed by atoms with Crippen LogP contribution in [-0.2, 0) is 6.54 Å². The molecule has 2 aromatic carbocycles. The Kier molecular flexibility index (Phi) is 4.85. The number of anilines is 1. The Morgan fingerprint density at radius 2 is 1.52 bits per heavy atom. The van der Waals surface area contributed by atoms with Crippen LogP contribution in [0.3, 0.4) is 0 Å². The van der Waals surface area contributed by atoms with Crippen LogP contribution >= 0.6 is 0 Å². The molecule has 0 fully saturated rings. The summed E-state index contributed by atoms with van der Waals surface area (Å²) in [6, 6.07) is 22.2. The van der Waals surface area contributed by atoms with Crippen LogP contribution in [0.25, 0.3) is 0 Å². The van der Waals surface area contributed by atoms with Crippen molar-refractivity contribution in [2.45, 2.75) is 6.54 Å². The third-order valence-corrected chi connectivity index (χ3v) is 3.76. The second kappa shape index (κ2) is 7.40. The zero-order valence-electron chi connectivity index (χ0n) is 13.5. The van der Waals surface area contributed by atoms with Gasteiger partial charge in [0.1, 0.15) is 5.69 Å². The second-order valence-corrected chi connectivity index (χ2v) is 5.51. The summed E-state index contributed by atoms with van der Waals surface area (Å²) >= 11 is 0. The van der Waals surface area contributed by atoms with Gasteiger partial charge in [0.25, 0.3) is 11.8 Å². The van der Waals surface area contributed by atoms with E-state index in [1.165, 1.54) is 12.3 Å². The van der Waals surface area contributed by atoms with Crippen molar-refractivity contribution in [1.82, 2.24) is 4.98 Å². The van der Waals surface area contributed by atoms with E-state index < -0.39 is 5.91 Å². The van der Waals surface area contributed by atoms with E-state index in [0.29, 0.717) is 12.1 Å². The number of aromatic nitrogens is 1. The van der Waals surface area contributed by atoms with Gasteiger partial charge in [-0.3, -0.25) is 14.6 Å². The Balaban J connectivity index is 1.93. The predicted octanol–water partition coefficient (Wildman–Crippen LogP) is 3.03. The molecule has 0 saturated carbocycles. The summed E-state index contributed by atoms with van der Waals surface area (Å²) in [5.74, 6) is -0.818. The molecule has 0 spiro atoms. The molecule has 0 atom stereocenters. The average molecular weight is 331 g/mol. The molecule has 0 unspecified atom stereocenters. The topological polar surface area (TPSA) is 76.3 Å². The molecule has 0 saturated heterocycles. The smallest absolute Gasteiger partial charge is 0.267 e. The first-order valence-corrected chi connectivity index (χ1v) is 7.82. The molecule has 3 aromatic rings. The fourth-order valence-corrected chi connectivity index (χ4v) is 2.48. The lowest BCUT2D eigenvalue weighted by atomic mass is 10.1. The van der Waals surface area contributed by atoms with Crippen molar-refractivity contribution in [3.05, 3.63) is 95.8 Å². The highest BCUT2D eigenvalue weighted by Crippen LogP contribution is 2.20. The van der Waals surface area contributed by atoms with Crippen molar-refractivity contribution in [2.75, 3.05) is 4.90 Å². The molecule has 0 bridgehead atoms. The number of carbonyl (C=O) groups is 2. The Morgan fingerprint density at radius 3 is 2.08 bits per heavy atom. The third kappa shape index (κ3) is 3.90. The lowest BCUT2D eigenvalue weighted by Crippen LogP contribution is -2.30. The number of nitrogens with two attached hydrogens (primary N) is 1. The van der Waals surface area contributed by atoms with Gasteiger partial charge in [-0.1, -0.05) is 48.5 Å². The maximum atomic E-state index is 13.0. The molecule has 1 aromatic heterocycles. The van der Waals surface area contributed by atoms with Crippen molar-refractivity contribution >= 4 is 17.5 Å². The van der Waals surface area contributed by atoms with Crippen LogP contribution < -0.4 is 10.6 Å². The van der Waals surface area contributed by atoms with Crippen LogP contribution in [0.2, 0.25) is 0 Å². The van der Waals surface area contributed by atoms with E-state index in [1.807, 2.05) is 60.7 Å². The SMILES string of the molecule is NC(=O)c1ccc(C(=O)N(Cc2ccccc2)c2ccccc2)cn1. The summed E-state index contributed by atoms with van der Waals surface area (Å²) in [7, 11) is 0. The zero-order valence-corrected chi connectivity index (χ0v) is 13.5. The minimum absolute atomic E-state index is 0.130. The fraction of sp³-hybridized carbons (Fsp3) is 0.0500. The monoisotopic (exact) mass is 331 g/mol. The molecular weight excluding hydrogens is 314 g/mol. The number of benzene rings is 2. The van der Waals surface area contributed by atoms with Crippen molar-refractivity contribution < 1.29 is 9.59 Å². The van der Waals surface area contributed by atoms with Crippen LogP contribution in [0.15, 0.2) is 79.0 Å². The van der Waals surface area contributed by atoms with Crippen LogP contribution in [-0.4, -0.2) is 16.8 Å². The van der Waals surface area contributed by atoms with Crippen molar-refractivity contribution in [2.24, 2.45) is 5.73 Å². The fourth-order valence-electron chi connectivity index (χ4n) is 2.48. The number of hydrogen-bond donors (Lipinski definition) is 1. The number of nitrogens with zero attached hydrogens (tertiary/aromatic N) is 2. The van der Waals surface area contributed by atoms with Gasteiger partial charge in [-0.2, -0.15) is 0 Å². The van der Waals surface area contributed by atoms with E-state index in [-0.39, 0.29) is 11.6 Å². The second-order valence-electron chi connectivity index (χ2n) is 5.51. The number of amides is 2. The average Bonchev–Trinajstić information content (AvgIpc) is 2.67. The van der Waals surface area contributed by atoms with E-state index in [1.54, 1.807) is 11.0 Å². The third-order valence-electron chi connectivity index (χ3n) is 3.76. The summed E-state index contributed by atoms with van der Waals surface area (Å²) in [6.45, 7) is 0.432. The van der Waals surface area contributed by atoms with Gasteiger partial charge >= 0.3 is 0 Å². The summed E-state index contributed by atoms with van der Waals surface area (Å²) < 4.78 is 0. The minimum atomic E-state index is -0.622. The summed E-state index contributed by atoms with van der Waals surface area (Å²) in [6.07, 6.45) is 1.38. The molecule has 0 radical (unpaired) electrons. The van der Waals surface area contributed by atoms with E-state index >= 15 is 0 Å². The van der Waals surface area contributed by atoms with Gasteiger partial charge in [0, 0.05) is 11.9 Å². The lowest BCUT2D eigenvalue weighted by Gasteiger charge is -2.23. The van der Waals surface area contributed by atoms with Gasteiger partial charge in [0.15, 0.2) is 0 Å². The van der Waals surface area contributed by atoms with Crippen molar-refractivity contribution in [3.63, 3.8) is 0 Å². The first kappa shape index (κ1) is 16.4. The van der Waals surface area contributed by atoms with Gasteiger partial charge in [0.2, 0.25) is 0 Å². The molecule has 25 heavy (non-hydrogen) atoms. The first-order valence-electron chi connectivity index (χ1n) is 7.82. The van der Waals surface area contributed by atoms with Crippen molar-refractivity contribution in [3.8, 4) is 0 Å². The van der Waals surface area contributed by atoms with Crippen LogP contribution in [0.5, 0.6) is 0 Å². The molecular formula is C20H17N3O2. The van der Waals surface area contributed by atoms with E-state index in [4.69, 9.17) is 5.73 Å². The molecule has 0 aliphatic heterocycles.